The van der Waals surface area contributed by atoms with Crippen LogP contribution in [0.1, 0.15) is 37.2 Å². The number of fused-ring (bicyclic) bond motifs is 7. The van der Waals surface area contributed by atoms with Crippen molar-refractivity contribution in [3.05, 3.63) is 109 Å². The van der Waals surface area contributed by atoms with Gasteiger partial charge in [0, 0.05) is 17.0 Å². The fourth-order valence-corrected chi connectivity index (χ4v) is 7.44. The monoisotopic (exact) mass is 506 g/mol. The number of benzene rings is 5. The van der Waals surface area contributed by atoms with Gasteiger partial charge < -0.3 is 9.05 Å². The van der Waals surface area contributed by atoms with Gasteiger partial charge in [-0.15, -0.1) is 0 Å². The minimum atomic E-state index is -4.00. The maximum absolute atomic E-state index is 14.4. The van der Waals surface area contributed by atoms with E-state index in [1.54, 1.807) is 0 Å². The highest BCUT2D eigenvalue weighted by atomic mass is 31.2. The smallest absolute Gasteiger partial charge is 0.394 e. The molecule has 1 fully saturated rings. The van der Waals surface area contributed by atoms with Gasteiger partial charge in [-0.3, -0.25) is 4.52 Å². The third-order valence-corrected chi connectivity index (χ3v) is 9.02. The molecule has 4 nitrogen and oxygen atoms in total. The molecule has 5 heteroatoms. The van der Waals surface area contributed by atoms with E-state index in [2.05, 4.69) is 36.4 Å². The molecule has 1 aliphatic carbocycles. The van der Waals surface area contributed by atoms with Crippen molar-refractivity contribution < 1.29 is 18.1 Å². The average Bonchev–Trinajstić information content (AvgIpc) is 3.07. The van der Waals surface area contributed by atoms with E-state index in [1.165, 1.54) is 5.56 Å². The van der Waals surface area contributed by atoms with Gasteiger partial charge in [0.25, 0.3) is 0 Å². The number of phosphoric acid groups is 1. The van der Waals surface area contributed by atoms with Gasteiger partial charge in [-0.05, 0) is 52.1 Å². The molecular weight excluding hydrogens is 479 g/mol. The highest BCUT2D eigenvalue weighted by molar-refractivity contribution is 7.49. The van der Waals surface area contributed by atoms with Crippen LogP contribution in [-0.2, 0) is 9.09 Å². The summed E-state index contributed by atoms with van der Waals surface area (Å²) < 4.78 is 33.4. The van der Waals surface area contributed by atoms with Crippen molar-refractivity contribution in [2.45, 2.75) is 37.7 Å². The molecule has 0 aromatic heterocycles. The summed E-state index contributed by atoms with van der Waals surface area (Å²) in [5.41, 5.74) is 2.97. The van der Waals surface area contributed by atoms with Gasteiger partial charge in [0.2, 0.25) is 0 Å². The molecule has 37 heavy (non-hydrogen) atoms. The standard InChI is InChI=1S/C32H27O4P/c33-37(34-28-17-9-8-14-25(28)22-10-2-1-3-11-22)35-29-20-18-23-12-4-6-15-26(23)31(29)32-27-16-7-5-13-24(27)19-21-30(32)36-37/h1-7,10-13,15-16,18-21,25,28H,8-9,14,17H2/t25-,28+/m1/s1. The maximum Gasteiger partial charge on any atom is 0.587 e. The first-order chi connectivity index (χ1) is 18.2. The first-order valence-electron chi connectivity index (χ1n) is 12.9. The molecule has 184 valence electrons. The molecule has 1 aliphatic heterocycles. The molecule has 0 saturated heterocycles. The van der Waals surface area contributed by atoms with Crippen LogP contribution in [0.2, 0.25) is 0 Å². The molecule has 1 heterocycles. The fourth-order valence-electron chi connectivity index (χ4n) is 5.94. The quantitative estimate of drug-likeness (QED) is 0.229. The van der Waals surface area contributed by atoms with E-state index in [0.717, 1.165) is 58.4 Å². The van der Waals surface area contributed by atoms with Crippen LogP contribution in [0.25, 0.3) is 32.7 Å². The molecule has 0 bridgehead atoms. The lowest BCUT2D eigenvalue weighted by Gasteiger charge is -2.33. The minimum absolute atomic E-state index is 0.142. The Labute approximate surface area is 216 Å². The molecule has 5 aromatic carbocycles. The fraction of sp³-hybridized carbons (Fsp3) is 0.188. The molecule has 0 radical (unpaired) electrons. The van der Waals surface area contributed by atoms with Crippen LogP contribution in [0.4, 0.5) is 0 Å². The summed E-state index contributed by atoms with van der Waals surface area (Å²) in [4.78, 5) is 0. The van der Waals surface area contributed by atoms with E-state index in [0.29, 0.717) is 11.5 Å². The van der Waals surface area contributed by atoms with Crippen molar-refractivity contribution in [2.75, 3.05) is 0 Å². The van der Waals surface area contributed by atoms with Crippen LogP contribution in [0.15, 0.2) is 103 Å². The third-order valence-electron chi connectivity index (χ3n) is 7.65. The van der Waals surface area contributed by atoms with Crippen LogP contribution in [-0.4, -0.2) is 6.10 Å². The Kier molecular flexibility index (Phi) is 5.53. The second kappa shape index (κ2) is 9.06. The summed E-state index contributed by atoms with van der Waals surface area (Å²) in [6.45, 7) is 0. The van der Waals surface area contributed by atoms with Gasteiger partial charge >= 0.3 is 7.82 Å². The van der Waals surface area contributed by atoms with E-state index in [9.17, 15) is 4.57 Å². The first kappa shape index (κ1) is 22.6. The molecule has 2 atom stereocenters. The Balaban J connectivity index is 1.39. The summed E-state index contributed by atoms with van der Waals surface area (Å²) in [5.74, 6) is 1.18. The highest BCUT2D eigenvalue weighted by Gasteiger charge is 2.42. The van der Waals surface area contributed by atoms with E-state index >= 15 is 0 Å². The van der Waals surface area contributed by atoms with E-state index < -0.39 is 7.82 Å². The van der Waals surface area contributed by atoms with Crippen LogP contribution in [0.3, 0.4) is 0 Å². The second-order valence-corrected chi connectivity index (χ2v) is 11.4. The Bertz CT molecular complexity index is 1570. The third kappa shape index (κ3) is 4.01. The van der Waals surface area contributed by atoms with Gasteiger partial charge in [0.1, 0.15) is 11.5 Å². The molecular formula is C32H27O4P. The van der Waals surface area contributed by atoms with Gasteiger partial charge in [-0.2, -0.15) is 0 Å². The molecule has 0 N–H and O–H groups in total. The van der Waals surface area contributed by atoms with Crippen LogP contribution < -0.4 is 9.05 Å². The zero-order valence-corrected chi connectivity index (χ0v) is 21.3. The van der Waals surface area contributed by atoms with Crippen molar-refractivity contribution >= 4 is 29.4 Å². The van der Waals surface area contributed by atoms with Crippen molar-refractivity contribution in [3.63, 3.8) is 0 Å². The number of hydrogen-bond donors (Lipinski definition) is 0. The molecule has 1 saturated carbocycles. The van der Waals surface area contributed by atoms with Crippen LogP contribution in [0, 0.1) is 0 Å². The van der Waals surface area contributed by atoms with Crippen molar-refractivity contribution in [2.24, 2.45) is 0 Å². The summed E-state index contributed by atoms with van der Waals surface area (Å²) in [6.07, 6.45) is 3.68. The van der Waals surface area contributed by atoms with Crippen molar-refractivity contribution in [1.82, 2.24) is 0 Å². The average molecular weight is 507 g/mol. The summed E-state index contributed by atoms with van der Waals surface area (Å²) in [7, 11) is -4.00. The predicted molar refractivity (Wildman–Crippen MR) is 148 cm³/mol. The van der Waals surface area contributed by atoms with Gasteiger partial charge in [0.05, 0.1) is 6.10 Å². The maximum atomic E-state index is 14.4. The second-order valence-electron chi connectivity index (χ2n) is 9.89. The molecule has 0 unspecified atom stereocenters. The lowest BCUT2D eigenvalue weighted by atomic mass is 9.82. The van der Waals surface area contributed by atoms with Crippen LogP contribution >= 0.6 is 7.82 Å². The summed E-state index contributed by atoms with van der Waals surface area (Å²) in [5, 5.41) is 4.21. The van der Waals surface area contributed by atoms with Gasteiger partial charge in [-0.25, -0.2) is 4.57 Å². The highest BCUT2D eigenvalue weighted by Crippen LogP contribution is 2.61. The normalized spacial score (nSPS) is 20.3. The first-order valence-corrected chi connectivity index (χ1v) is 14.4. The summed E-state index contributed by atoms with van der Waals surface area (Å²) in [6, 6.07) is 34.5. The van der Waals surface area contributed by atoms with Gasteiger partial charge in [-0.1, -0.05) is 104 Å². The Morgan fingerprint density at radius 2 is 1.16 bits per heavy atom. The lowest BCUT2D eigenvalue weighted by Crippen LogP contribution is -2.26. The van der Waals surface area contributed by atoms with E-state index in [1.807, 2.05) is 66.7 Å². The zero-order valence-electron chi connectivity index (χ0n) is 20.4. The molecule has 0 amide bonds. The predicted octanol–water partition coefficient (Wildman–Crippen LogP) is 9.28. The van der Waals surface area contributed by atoms with E-state index in [4.69, 9.17) is 13.6 Å². The molecule has 5 aromatic rings. The van der Waals surface area contributed by atoms with E-state index in [-0.39, 0.29) is 12.0 Å². The number of rotatable bonds is 3. The van der Waals surface area contributed by atoms with Crippen molar-refractivity contribution in [3.8, 4) is 22.6 Å². The molecule has 7 rings (SSSR count). The number of phosphoric ester groups is 1. The number of hydrogen-bond acceptors (Lipinski definition) is 4. The van der Waals surface area contributed by atoms with Crippen LogP contribution in [0.5, 0.6) is 11.5 Å². The lowest BCUT2D eigenvalue weighted by molar-refractivity contribution is 0.0941. The molecule has 0 spiro atoms. The topological polar surface area (TPSA) is 44.8 Å². The Hall–Kier alpha value is -3.59. The van der Waals surface area contributed by atoms with Crippen molar-refractivity contribution in [1.29, 1.82) is 0 Å². The largest absolute Gasteiger partial charge is 0.587 e. The minimum Gasteiger partial charge on any atom is -0.394 e. The van der Waals surface area contributed by atoms with Gasteiger partial charge in [0.15, 0.2) is 0 Å². The SMILES string of the molecule is O=P1(O[C@H]2CCCC[C@@H]2c2ccccc2)Oc2ccc3ccccc3c2-c2c(ccc3ccccc23)O1. The molecule has 2 aliphatic rings. The Morgan fingerprint density at radius 3 is 1.78 bits per heavy atom. The summed E-state index contributed by atoms with van der Waals surface area (Å²) >= 11 is 0. The Morgan fingerprint density at radius 1 is 0.622 bits per heavy atom. The zero-order chi connectivity index (χ0) is 24.8.